The fourth-order valence-electron chi connectivity index (χ4n) is 3.71. The molecule has 0 bridgehead atoms. The highest BCUT2D eigenvalue weighted by Gasteiger charge is 2.25. The molecule has 4 heterocycles. The number of nitrogens with one attached hydrogen (secondary N) is 1. The van der Waals surface area contributed by atoms with Gasteiger partial charge in [-0.05, 0) is 55.4 Å². The number of thiophene rings is 1. The van der Waals surface area contributed by atoms with E-state index in [4.69, 9.17) is 4.52 Å². The zero-order valence-corrected chi connectivity index (χ0v) is 18.0. The van der Waals surface area contributed by atoms with E-state index < -0.39 is 0 Å². The highest BCUT2D eigenvalue weighted by atomic mass is 32.1. The number of aryl methyl sites for hydroxylation is 1. The lowest BCUT2D eigenvalue weighted by Crippen LogP contribution is -2.41. The first kappa shape index (κ1) is 20.7. The highest BCUT2D eigenvalue weighted by Crippen LogP contribution is 2.29. The van der Waals surface area contributed by atoms with Crippen molar-refractivity contribution in [2.45, 2.75) is 38.6 Å². The molecule has 0 spiro atoms. The van der Waals surface area contributed by atoms with Crippen molar-refractivity contribution in [2.24, 2.45) is 5.92 Å². The second kappa shape index (κ2) is 9.95. The number of aromatic nitrogens is 3. The summed E-state index contributed by atoms with van der Waals surface area (Å²) in [4.78, 5) is 24.8. The smallest absolute Gasteiger partial charge is 0.227 e. The molecule has 0 saturated carbocycles. The third kappa shape index (κ3) is 5.31. The minimum Gasteiger partial charge on any atom is -0.354 e. The summed E-state index contributed by atoms with van der Waals surface area (Å²) in [5.41, 5.74) is 0.659. The molecule has 7 nitrogen and oxygen atoms in total. The number of likely N-dealkylation sites (tertiary alicyclic amines) is 1. The summed E-state index contributed by atoms with van der Waals surface area (Å²) in [6.07, 6.45) is 4.84. The third-order valence-electron chi connectivity index (χ3n) is 5.55. The molecule has 1 saturated heterocycles. The van der Waals surface area contributed by atoms with Crippen LogP contribution in [0.3, 0.4) is 0 Å². The molecule has 1 amide bonds. The predicted octanol–water partition coefficient (Wildman–Crippen LogP) is 3.72. The maximum Gasteiger partial charge on any atom is 0.227 e. The van der Waals surface area contributed by atoms with Crippen LogP contribution in [-0.2, 0) is 11.2 Å². The molecule has 158 valence electrons. The summed E-state index contributed by atoms with van der Waals surface area (Å²) < 4.78 is 5.27. The molecule has 1 fully saturated rings. The zero-order chi connectivity index (χ0) is 20.8. The van der Waals surface area contributed by atoms with Gasteiger partial charge in [0.05, 0.1) is 6.04 Å². The number of carbonyl (C=O) groups excluding carboxylic acids is 1. The number of pyridine rings is 1. The fourth-order valence-corrected chi connectivity index (χ4v) is 4.57. The van der Waals surface area contributed by atoms with Gasteiger partial charge in [-0.1, -0.05) is 24.2 Å². The molecule has 1 aliphatic heterocycles. The van der Waals surface area contributed by atoms with E-state index in [1.807, 2.05) is 18.2 Å². The summed E-state index contributed by atoms with van der Waals surface area (Å²) in [7, 11) is 0. The molecule has 1 unspecified atom stereocenters. The van der Waals surface area contributed by atoms with Crippen molar-refractivity contribution < 1.29 is 9.32 Å². The normalized spacial score (nSPS) is 16.4. The summed E-state index contributed by atoms with van der Waals surface area (Å²) in [5, 5.41) is 9.17. The lowest BCUT2D eigenvalue weighted by atomic mass is 9.97. The minimum atomic E-state index is -0.000445. The largest absolute Gasteiger partial charge is 0.354 e. The van der Waals surface area contributed by atoms with Gasteiger partial charge >= 0.3 is 0 Å². The molecule has 30 heavy (non-hydrogen) atoms. The van der Waals surface area contributed by atoms with Gasteiger partial charge in [0.1, 0.15) is 5.69 Å². The minimum absolute atomic E-state index is 0.000445. The van der Waals surface area contributed by atoms with Crippen molar-refractivity contribution in [1.82, 2.24) is 25.3 Å². The van der Waals surface area contributed by atoms with Crippen LogP contribution in [0.4, 0.5) is 0 Å². The number of hydrogen-bond donors (Lipinski definition) is 1. The van der Waals surface area contributed by atoms with Crippen LogP contribution in [0, 0.1) is 5.92 Å². The Morgan fingerprint density at radius 2 is 2.17 bits per heavy atom. The molecular formula is C22H27N5O2S. The van der Waals surface area contributed by atoms with E-state index in [1.54, 1.807) is 17.5 Å². The molecule has 3 aromatic heterocycles. The van der Waals surface area contributed by atoms with Crippen LogP contribution in [0.1, 0.15) is 43.0 Å². The van der Waals surface area contributed by atoms with E-state index in [1.165, 1.54) is 17.7 Å². The number of piperidine rings is 1. The highest BCUT2D eigenvalue weighted by molar-refractivity contribution is 7.10. The van der Waals surface area contributed by atoms with Crippen LogP contribution in [0.5, 0.6) is 0 Å². The molecule has 3 aromatic rings. The second-order valence-corrected chi connectivity index (χ2v) is 8.76. The van der Waals surface area contributed by atoms with Crippen molar-refractivity contribution in [3.8, 4) is 11.5 Å². The van der Waals surface area contributed by atoms with Gasteiger partial charge < -0.3 is 9.84 Å². The van der Waals surface area contributed by atoms with Crippen molar-refractivity contribution in [3.63, 3.8) is 0 Å². The van der Waals surface area contributed by atoms with E-state index in [-0.39, 0.29) is 11.9 Å². The summed E-state index contributed by atoms with van der Waals surface area (Å²) in [6, 6.07) is 10.0. The first-order valence-corrected chi connectivity index (χ1v) is 11.3. The van der Waals surface area contributed by atoms with Crippen molar-refractivity contribution in [1.29, 1.82) is 0 Å². The van der Waals surface area contributed by atoms with Crippen LogP contribution in [-0.4, -0.2) is 45.6 Å². The van der Waals surface area contributed by atoms with Gasteiger partial charge in [0.15, 0.2) is 0 Å². The Hall–Kier alpha value is -2.58. The van der Waals surface area contributed by atoms with Gasteiger partial charge in [0.25, 0.3) is 0 Å². The molecule has 0 aromatic carbocycles. The zero-order valence-electron chi connectivity index (χ0n) is 17.2. The SMILES string of the molecule is CC1CCN(C(CNC(=O)CCc2nc(-c3ccccn3)no2)c2cccs2)CC1. The van der Waals surface area contributed by atoms with Crippen LogP contribution in [0.15, 0.2) is 46.4 Å². The number of rotatable bonds is 8. The van der Waals surface area contributed by atoms with Crippen LogP contribution < -0.4 is 5.32 Å². The van der Waals surface area contributed by atoms with Crippen molar-refractivity contribution in [3.05, 3.63) is 52.7 Å². The lowest BCUT2D eigenvalue weighted by Gasteiger charge is -2.36. The predicted molar refractivity (Wildman–Crippen MR) is 116 cm³/mol. The Kier molecular flexibility index (Phi) is 6.86. The topological polar surface area (TPSA) is 84.2 Å². The number of carbonyl (C=O) groups is 1. The maximum atomic E-state index is 12.5. The quantitative estimate of drug-likeness (QED) is 0.592. The standard InChI is InChI=1S/C22H27N5O2S/c1-16-9-12-27(13-10-16)18(19-6-4-14-30-19)15-24-20(28)7-8-21-25-22(26-29-21)17-5-2-3-11-23-17/h2-6,11,14,16,18H,7-10,12-13,15H2,1H3,(H,24,28). The number of amides is 1. The molecule has 0 radical (unpaired) electrons. The Morgan fingerprint density at radius 3 is 2.90 bits per heavy atom. The first-order valence-electron chi connectivity index (χ1n) is 10.5. The third-order valence-corrected chi connectivity index (χ3v) is 6.52. The molecule has 4 rings (SSSR count). The van der Waals surface area contributed by atoms with Gasteiger partial charge in [-0.15, -0.1) is 11.3 Å². The molecule has 1 aliphatic rings. The van der Waals surface area contributed by atoms with E-state index in [2.05, 4.69) is 49.8 Å². The van der Waals surface area contributed by atoms with Gasteiger partial charge in [0.2, 0.25) is 17.6 Å². The van der Waals surface area contributed by atoms with E-state index in [9.17, 15) is 4.79 Å². The molecular weight excluding hydrogens is 398 g/mol. The Morgan fingerprint density at radius 1 is 1.30 bits per heavy atom. The lowest BCUT2D eigenvalue weighted by molar-refractivity contribution is -0.121. The first-order chi connectivity index (χ1) is 14.7. The monoisotopic (exact) mass is 425 g/mol. The van der Waals surface area contributed by atoms with Gasteiger partial charge in [0, 0.05) is 30.5 Å². The van der Waals surface area contributed by atoms with Crippen LogP contribution >= 0.6 is 11.3 Å². The van der Waals surface area contributed by atoms with Gasteiger partial charge in [-0.25, -0.2) is 0 Å². The Bertz CT molecular complexity index is 920. The average Bonchev–Trinajstić information content (AvgIpc) is 3.47. The number of nitrogens with zero attached hydrogens (tertiary/aromatic N) is 4. The fraction of sp³-hybridized carbons (Fsp3) is 0.455. The van der Waals surface area contributed by atoms with Crippen LogP contribution in [0.2, 0.25) is 0 Å². The van der Waals surface area contributed by atoms with E-state index >= 15 is 0 Å². The van der Waals surface area contributed by atoms with Gasteiger partial charge in [-0.2, -0.15) is 4.98 Å². The Balaban J connectivity index is 1.29. The van der Waals surface area contributed by atoms with Crippen LogP contribution in [0.25, 0.3) is 11.5 Å². The molecule has 8 heteroatoms. The van der Waals surface area contributed by atoms with E-state index in [0.717, 1.165) is 19.0 Å². The maximum absolute atomic E-state index is 12.5. The molecule has 0 aliphatic carbocycles. The summed E-state index contributed by atoms with van der Waals surface area (Å²) >= 11 is 1.76. The van der Waals surface area contributed by atoms with Crippen molar-refractivity contribution >= 4 is 17.2 Å². The second-order valence-electron chi connectivity index (χ2n) is 7.78. The summed E-state index contributed by atoms with van der Waals surface area (Å²) in [5.74, 6) is 1.68. The summed E-state index contributed by atoms with van der Waals surface area (Å²) in [6.45, 7) is 5.10. The Labute approximate surface area is 180 Å². The molecule has 1 atom stereocenters. The average molecular weight is 426 g/mol. The van der Waals surface area contributed by atoms with Gasteiger partial charge in [-0.3, -0.25) is 14.7 Å². The van der Waals surface area contributed by atoms with E-state index in [0.29, 0.717) is 36.8 Å². The molecule has 1 N–H and O–H groups in total. The number of hydrogen-bond acceptors (Lipinski definition) is 7. The van der Waals surface area contributed by atoms with Crippen molar-refractivity contribution in [2.75, 3.05) is 19.6 Å².